The number of rotatable bonds is 13. The molecule has 1 amide bonds. The van der Waals surface area contributed by atoms with E-state index in [-0.39, 0.29) is 30.8 Å². The first-order chi connectivity index (χ1) is 18.2. The molecular formula is C29H42N4O5S. The van der Waals surface area contributed by atoms with E-state index in [2.05, 4.69) is 16.7 Å². The first-order valence-electron chi connectivity index (χ1n) is 13.0. The van der Waals surface area contributed by atoms with Crippen LogP contribution >= 0.6 is 0 Å². The zero-order valence-corrected chi connectivity index (χ0v) is 24.6. The summed E-state index contributed by atoms with van der Waals surface area (Å²) < 4.78 is 34.4. The second kappa shape index (κ2) is 13.8. The predicted octanol–water partition coefficient (Wildman–Crippen LogP) is 4.55. The molecule has 2 aromatic rings. The number of carbonyl (C=O) groups is 1. The lowest BCUT2D eigenvalue weighted by Crippen LogP contribution is -2.52. The minimum absolute atomic E-state index is 0.0718. The lowest BCUT2D eigenvalue weighted by molar-refractivity contribution is 0.0392. The van der Waals surface area contributed by atoms with Gasteiger partial charge in [-0.3, -0.25) is 0 Å². The number of anilines is 1. The Kier molecular flexibility index (Phi) is 11.3. The molecule has 0 fully saturated rings. The van der Waals surface area contributed by atoms with E-state index in [0.29, 0.717) is 12.1 Å². The smallest absolute Gasteiger partial charge is 0.407 e. The number of aliphatic hydroxyl groups excluding tert-OH is 1. The number of aliphatic hydroxyl groups is 1. The number of alkyl carbamates (subject to hydrolysis) is 1. The van der Waals surface area contributed by atoms with Gasteiger partial charge >= 0.3 is 6.09 Å². The highest BCUT2D eigenvalue weighted by Crippen LogP contribution is 2.28. The van der Waals surface area contributed by atoms with Gasteiger partial charge in [-0.15, -0.1) is 0 Å². The summed E-state index contributed by atoms with van der Waals surface area (Å²) in [6, 6.07) is 17.1. The number of hydrogen-bond acceptors (Lipinski definition) is 7. The fourth-order valence-corrected chi connectivity index (χ4v) is 5.80. The summed E-state index contributed by atoms with van der Waals surface area (Å²) in [6.45, 7) is 8.81. The van der Waals surface area contributed by atoms with E-state index in [1.165, 1.54) is 16.4 Å². The van der Waals surface area contributed by atoms with Crippen molar-refractivity contribution in [2.24, 2.45) is 5.41 Å². The first-order valence-corrected chi connectivity index (χ1v) is 14.5. The van der Waals surface area contributed by atoms with Crippen LogP contribution in [0.4, 0.5) is 10.5 Å². The summed E-state index contributed by atoms with van der Waals surface area (Å²) >= 11 is 0. The summed E-state index contributed by atoms with van der Waals surface area (Å²) in [5.41, 5.74) is 0.207. The molecule has 39 heavy (non-hydrogen) atoms. The highest BCUT2D eigenvalue weighted by Gasteiger charge is 2.35. The normalized spacial score (nSPS) is 13.8. The van der Waals surface area contributed by atoms with Crippen molar-refractivity contribution in [1.29, 1.82) is 5.26 Å². The fourth-order valence-electron chi connectivity index (χ4n) is 4.11. The van der Waals surface area contributed by atoms with Crippen molar-refractivity contribution in [2.75, 3.05) is 25.5 Å². The van der Waals surface area contributed by atoms with Crippen molar-refractivity contribution in [3.8, 4) is 6.07 Å². The zero-order chi connectivity index (χ0) is 29.3. The summed E-state index contributed by atoms with van der Waals surface area (Å²) in [5.74, 6) is 0. The summed E-state index contributed by atoms with van der Waals surface area (Å²) in [4.78, 5) is 12.8. The number of nitrogens with zero attached hydrogens (tertiary/aromatic N) is 2. The van der Waals surface area contributed by atoms with Crippen LogP contribution in [0.1, 0.15) is 53.0 Å². The Morgan fingerprint density at radius 1 is 1.10 bits per heavy atom. The molecule has 0 heterocycles. The number of nitrogens with one attached hydrogen (secondary N) is 2. The minimum atomic E-state index is -4.04. The quantitative estimate of drug-likeness (QED) is 0.329. The number of benzene rings is 2. The van der Waals surface area contributed by atoms with Gasteiger partial charge in [-0.25, -0.2) is 13.2 Å². The zero-order valence-electron chi connectivity index (χ0n) is 23.8. The maximum Gasteiger partial charge on any atom is 0.407 e. The summed E-state index contributed by atoms with van der Waals surface area (Å²) in [7, 11) is -2.34. The molecule has 10 heteroatoms. The second-order valence-corrected chi connectivity index (χ2v) is 13.3. The fraction of sp³-hybridized carbons (Fsp3) is 0.517. The lowest BCUT2D eigenvalue weighted by Gasteiger charge is -2.35. The molecule has 214 valence electrons. The van der Waals surface area contributed by atoms with E-state index in [1.807, 2.05) is 44.2 Å². The average Bonchev–Trinajstić information content (AvgIpc) is 2.86. The van der Waals surface area contributed by atoms with Crippen LogP contribution in [-0.2, 0) is 21.2 Å². The first kappa shape index (κ1) is 32.1. The molecule has 0 spiro atoms. The highest BCUT2D eigenvalue weighted by atomic mass is 32.2. The van der Waals surface area contributed by atoms with Gasteiger partial charge in [0.25, 0.3) is 0 Å². The van der Waals surface area contributed by atoms with E-state index in [0.717, 1.165) is 5.56 Å². The highest BCUT2D eigenvalue weighted by molar-refractivity contribution is 7.89. The molecule has 0 aliphatic rings. The Bertz CT molecular complexity index is 1220. The van der Waals surface area contributed by atoms with Crippen LogP contribution < -0.4 is 10.6 Å². The molecule has 0 saturated carbocycles. The van der Waals surface area contributed by atoms with E-state index in [4.69, 9.17) is 10.00 Å². The van der Waals surface area contributed by atoms with E-state index >= 15 is 0 Å². The molecule has 0 bridgehead atoms. The van der Waals surface area contributed by atoms with Gasteiger partial charge in [-0.2, -0.15) is 9.57 Å². The molecule has 0 aromatic heterocycles. The van der Waals surface area contributed by atoms with Crippen molar-refractivity contribution in [1.82, 2.24) is 9.62 Å². The molecule has 0 radical (unpaired) electrons. The van der Waals surface area contributed by atoms with Gasteiger partial charge in [0, 0.05) is 32.2 Å². The average molecular weight is 559 g/mol. The maximum absolute atomic E-state index is 13.9. The van der Waals surface area contributed by atoms with E-state index in [9.17, 15) is 18.3 Å². The Morgan fingerprint density at radius 3 is 2.36 bits per heavy atom. The van der Waals surface area contributed by atoms with E-state index < -0.39 is 39.3 Å². The van der Waals surface area contributed by atoms with Crippen LogP contribution in [0, 0.1) is 16.7 Å². The van der Waals surface area contributed by atoms with Crippen LogP contribution in [-0.4, -0.2) is 61.8 Å². The standard InChI is InChI=1S/C29H42N4O5S/c1-28(2,3)38-27(35)32-25(18-22-12-8-7-9-13-22)26(34)20-33(21-29(4,5)16-11-17-30)39(36,37)24-15-10-14-23(19-24)31-6/h7-10,12-15,19,25-26,31,34H,11,16,18,20-21H2,1-6H3,(H,32,35)/t25-,26+/m0/s1. The van der Waals surface area contributed by atoms with Gasteiger partial charge in [0.2, 0.25) is 10.0 Å². The number of carbonyl (C=O) groups excluding carboxylic acids is 1. The third-order valence-corrected chi connectivity index (χ3v) is 7.94. The van der Waals surface area contributed by atoms with Gasteiger partial charge in [0.1, 0.15) is 5.60 Å². The minimum Gasteiger partial charge on any atom is -0.444 e. The third kappa shape index (κ3) is 10.5. The van der Waals surface area contributed by atoms with Crippen molar-refractivity contribution >= 4 is 21.8 Å². The number of hydrogen-bond donors (Lipinski definition) is 3. The number of ether oxygens (including phenoxy) is 1. The Balaban J connectivity index is 2.43. The molecule has 3 N–H and O–H groups in total. The Hall–Kier alpha value is -3.13. The molecule has 2 aromatic carbocycles. The van der Waals surface area contributed by atoms with Crippen molar-refractivity contribution in [2.45, 2.75) is 76.5 Å². The van der Waals surface area contributed by atoms with Crippen LogP contribution in [0.15, 0.2) is 59.5 Å². The number of nitriles is 1. The van der Waals surface area contributed by atoms with Gasteiger partial charge < -0.3 is 20.5 Å². The van der Waals surface area contributed by atoms with Crippen molar-refractivity contribution in [3.63, 3.8) is 0 Å². The van der Waals surface area contributed by atoms with Crippen LogP contribution in [0.2, 0.25) is 0 Å². The summed E-state index contributed by atoms with van der Waals surface area (Å²) in [6.07, 6.45) is -0.941. The van der Waals surface area contributed by atoms with Gasteiger partial charge in [-0.1, -0.05) is 50.2 Å². The summed E-state index contributed by atoms with van der Waals surface area (Å²) in [5, 5.41) is 26.2. The second-order valence-electron chi connectivity index (χ2n) is 11.4. The molecule has 0 aliphatic heterocycles. The Morgan fingerprint density at radius 2 is 1.77 bits per heavy atom. The van der Waals surface area contributed by atoms with E-state index in [1.54, 1.807) is 40.0 Å². The van der Waals surface area contributed by atoms with Crippen molar-refractivity contribution < 1.29 is 23.1 Å². The molecule has 0 unspecified atom stereocenters. The monoisotopic (exact) mass is 558 g/mol. The van der Waals surface area contributed by atoms with Gasteiger partial charge in [-0.05, 0) is 62.8 Å². The van der Waals surface area contributed by atoms with Crippen LogP contribution in [0.5, 0.6) is 0 Å². The molecule has 2 rings (SSSR count). The SMILES string of the molecule is CNc1cccc(S(=O)(=O)N(C[C@@H](O)[C@H](Cc2ccccc2)NC(=O)OC(C)(C)C)CC(C)(C)CCC#N)c1. The number of amides is 1. The molecule has 0 saturated heterocycles. The third-order valence-electron chi connectivity index (χ3n) is 6.13. The predicted molar refractivity (Wildman–Crippen MR) is 153 cm³/mol. The van der Waals surface area contributed by atoms with Crippen molar-refractivity contribution in [3.05, 3.63) is 60.2 Å². The molecule has 9 nitrogen and oxygen atoms in total. The van der Waals surface area contributed by atoms with Gasteiger partial charge in [0.05, 0.1) is 23.1 Å². The number of sulfonamides is 1. The topological polar surface area (TPSA) is 132 Å². The molecule has 0 aliphatic carbocycles. The largest absolute Gasteiger partial charge is 0.444 e. The molecule has 2 atom stereocenters. The Labute approximate surface area is 233 Å². The van der Waals surface area contributed by atoms with Gasteiger partial charge in [0.15, 0.2) is 0 Å². The van der Waals surface area contributed by atoms with Crippen LogP contribution in [0.25, 0.3) is 0 Å². The molecular weight excluding hydrogens is 516 g/mol. The lowest BCUT2D eigenvalue weighted by atomic mass is 9.88. The van der Waals surface area contributed by atoms with Crippen LogP contribution in [0.3, 0.4) is 0 Å². The maximum atomic E-state index is 13.9.